The van der Waals surface area contributed by atoms with Gasteiger partial charge in [-0.15, -0.1) is 11.3 Å². The van der Waals surface area contributed by atoms with Crippen LogP contribution < -0.4 is 5.32 Å². The normalized spacial score (nSPS) is 16.8. The van der Waals surface area contributed by atoms with Crippen molar-refractivity contribution in [1.29, 1.82) is 0 Å². The smallest absolute Gasteiger partial charge is 0.232 e. The van der Waals surface area contributed by atoms with Crippen LogP contribution in [0.5, 0.6) is 0 Å². The lowest BCUT2D eigenvalue weighted by Gasteiger charge is -2.31. The van der Waals surface area contributed by atoms with Crippen molar-refractivity contribution in [2.45, 2.75) is 26.2 Å². The monoisotopic (exact) mass is 352 g/mol. The van der Waals surface area contributed by atoms with E-state index >= 15 is 0 Å². The second-order valence-electron chi connectivity index (χ2n) is 6.21. The highest BCUT2D eigenvalue weighted by molar-refractivity contribution is 7.15. The molecule has 2 aromatic rings. The molecule has 0 atom stereocenters. The lowest BCUT2D eigenvalue weighted by atomic mass is 9.81. The van der Waals surface area contributed by atoms with Crippen molar-refractivity contribution >= 4 is 22.4 Å². The van der Waals surface area contributed by atoms with Gasteiger partial charge in [0, 0.05) is 36.8 Å². The van der Waals surface area contributed by atoms with Crippen LogP contribution in [-0.4, -0.2) is 24.1 Å². The molecule has 24 heavy (non-hydrogen) atoms. The van der Waals surface area contributed by atoms with Gasteiger partial charge < -0.3 is 10.1 Å². The Morgan fingerprint density at radius 1 is 1.29 bits per heavy atom. The minimum atomic E-state index is -0.601. The van der Waals surface area contributed by atoms with Crippen molar-refractivity contribution < 1.29 is 18.3 Å². The Morgan fingerprint density at radius 2 is 1.96 bits per heavy atom. The number of carbonyl (C=O) groups excluding carboxylic acids is 1. The van der Waals surface area contributed by atoms with Crippen molar-refractivity contribution in [3.63, 3.8) is 0 Å². The number of ether oxygens (including phenoxy) is 1. The summed E-state index contributed by atoms with van der Waals surface area (Å²) >= 11 is 1.31. The second-order valence-corrected chi connectivity index (χ2v) is 7.33. The maximum atomic E-state index is 13.2. The van der Waals surface area contributed by atoms with Crippen molar-refractivity contribution in [2.24, 2.45) is 5.41 Å². The van der Waals surface area contributed by atoms with Gasteiger partial charge in [0.15, 0.2) is 5.13 Å². The van der Waals surface area contributed by atoms with Crippen molar-refractivity contribution in [1.82, 2.24) is 4.98 Å². The molecular weight excluding hydrogens is 334 g/mol. The van der Waals surface area contributed by atoms with Crippen LogP contribution in [0.25, 0.3) is 0 Å². The van der Waals surface area contributed by atoms with E-state index in [1.54, 1.807) is 6.20 Å². The van der Waals surface area contributed by atoms with E-state index in [-0.39, 0.29) is 5.91 Å². The molecule has 0 aliphatic carbocycles. The van der Waals surface area contributed by atoms with Gasteiger partial charge in [-0.25, -0.2) is 13.8 Å². The Kier molecular flexibility index (Phi) is 4.91. The zero-order valence-electron chi connectivity index (χ0n) is 13.3. The summed E-state index contributed by atoms with van der Waals surface area (Å²) in [6, 6.07) is 3.44. The van der Waals surface area contributed by atoms with Crippen molar-refractivity contribution in [3.05, 3.63) is 46.5 Å². The van der Waals surface area contributed by atoms with Gasteiger partial charge in [0.2, 0.25) is 5.91 Å². The maximum Gasteiger partial charge on any atom is 0.232 e. The number of benzene rings is 1. The lowest BCUT2D eigenvalue weighted by molar-refractivity contribution is -0.129. The Balaban J connectivity index is 1.66. The topological polar surface area (TPSA) is 51.2 Å². The summed E-state index contributed by atoms with van der Waals surface area (Å²) in [5, 5.41) is 3.35. The van der Waals surface area contributed by atoms with Crippen LogP contribution in [0.15, 0.2) is 24.4 Å². The molecule has 7 heteroatoms. The van der Waals surface area contributed by atoms with Crippen molar-refractivity contribution in [3.8, 4) is 0 Å². The molecule has 1 aromatic carbocycles. The highest BCUT2D eigenvalue weighted by atomic mass is 32.1. The quantitative estimate of drug-likeness (QED) is 0.911. The zero-order valence-corrected chi connectivity index (χ0v) is 14.1. The predicted molar refractivity (Wildman–Crippen MR) is 88.1 cm³/mol. The van der Waals surface area contributed by atoms with Gasteiger partial charge in [-0.1, -0.05) is 6.92 Å². The molecule has 128 valence electrons. The van der Waals surface area contributed by atoms with E-state index in [1.807, 2.05) is 6.92 Å². The molecule has 1 aliphatic heterocycles. The van der Waals surface area contributed by atoms with Gasteiger partial charge in [0.1, 0.15) is 11.6 Å². The summed E-state index contributed by atoms with van der Waals surface area (Å²) in [4.78, 5) is 17.5. The number of nitrogens with zero attached hydrogens (tertiary/aromatic N) is 1. The summed E-state index contributed by atoms with van der Waals surface area (Å²) in [5.74, 6) is -1.27. The first kappa shape index (κ1) is 17.0. The van der Waals surface area contributed by atoms with Crippen LogP contribution in [0.1, 0.15) is 30.2 Å². The van der Waals surface area contributed by atoms with E-state index in [0.717, 1.165) is 10.9 Å². The summed E-state index contributed by atoms with van der Waals surface area (Å²) in [5.41, 5.74) is 0.0842. The number of carbonyl (C=O) groups is 1. The second kappa shape index (κ2) is 6.94. The summed E-state index contributed by atoms with van der Waals surface area (Å²) < 4.78 is 31.8. The van der Waals surface area contributed by atoms with Crippen LogP contribution in [-0.2, 0) is 16.0 Å². The third-order valence-electron chi connectivity index (χ3n) is 4.22. The largest absolute Gasteiger partial charge is 0.381 e. The fourth-order valence-corrected chi connectivity index (χ4v) is 3.50. The first-order valence-electron chi connectivity index (χ1n) is 7.73. The highest BCUT2D eigenvalue weighted by Crippen LogP contribution is 2.32. The predicted octanol–water partition coefficient (Wildman–Crippen LogP) is 3.77. The minimum Gasteiger partial charge on any atom is -0.381 e. The zero-order chi connectivity index (χ0) is 17.2. The Bertz CT molecular complexity index is 722. The Morgan fingerprint density at radius 3 is 2.62 bits per heavy atom. The van der Waals surface area contributed by atoms with Crippen molar-refractivity contribution in [2.75, 3.05) is 18.5 Å². The lowest BCUT2D eigenvalue weighted by Crippen LogP contribution is -2.38. The van der Waals surface area contributed by atoms with E-state index < -0.39 is 17.0 Å². The number of anilines is 1. The number of nitrogens with one attached hydrogen (secondary N) is 1. The molecule has 0 spiro atoms. The maximum absolute atomic E-state index is 13.2. The number of thiazole rings is 1. The van der Waals surface area contributed by atoms with Crippen LogP contribution in [0, 0.1) is 17.0 Å². The molecule has 1 saturated heterocycles. The average molecular weight is 352 g/mol. The molecule has 0 unspecified atom stereocenters. The summed E-state index contributed by atoms with van der Waals surface area (Å²) in [6.45, 7) is 3.09. The van der Waals surface area contributed by atoms with Gasteiger partial charge in [-0.05, 0) is 30.5 Å². The third kappa shape index (κ3) is 3.96. The minimum absolute atomic E-state index is 0.0662. The molecule has 0 radical (unpaired) electrons. The van der Waals surface area contributed by atoms with Gasteiger partial charge in [-0.3, -0.25) is 4.79 Å². The molecule has 1 aliphatic rings. The number of rotatable bonds is 4. The molecule has 0 saturated carbocycles. The number of hydrogen-bond donors (Lipinski definition) is 1. The molecule has 3 rings (SSSR count). The van der Waals surface area contributed by atoms with Gasteiger partial charge in [-0.2, -0.15) is 0 Å². The first-order valence-corrected chi connectivity index (χ1v) is 8.55. The van der Waals surface area contributed by atoms with Gasteiger partial charge in [0.25, 0.3) is 0 Å². The summed E-state index contributed by atoms with van der Waals surface area (Å²) in [7, 11) is 0. The van der Waals surface area contributed by atoms with Crippen LogP contribution in [0.4, 0.5) is 13.9 Å². The molecule has 2 heterocycles. The third-order valence-corrected chi connectivity index (χ3v) is 5.13. The van der Waals surface area contributed by atoms with E-state index in [2.05, 4.69) is 10.3 Å². The van der Waals surface area contributed by atoms with E-state index in [1.165, 1.54) is 23.5 Å². The van der Waals surface area contributed by atoms with E-state index in [0.29, 0.717) is 43.2 Å². The highest BCUT2D eigenvalue weighted by Gasteiger charge is 2.35. The summed E-state index contributed by atoms with van der Waals surface area (Å²) in [6.07, 6.45) is 3.35. The number of halogens is 2. The van der Waals surface area contributed by atoms with Gasteiger partial charge >= 0.3 is 0 Å². The van der Waals surface area contributed by atoms with Gasteiger partial charge in [0.05, 0.1) is 5.41 Å². The van der Waals surface area contributed by atoms with E-state index in [9.17, 15) is 13.6 Å². The molecule has 1 aromatic heterocycles. The number of amides is 1. The SMILES string of the molecule is CC1(C(=O)Nc2ncc(Cc3cc(F)cc(F)c3)s2)CCOCC1. The first-order chi connectivity index (χ1) is 11.4. The molecule has 1 amide bonds. The molecule has 1 N–H and O–H groups in total. The van der Waals surface area contributed by atoms with E-state index in [4.69, 9.17) is 4.74 Å². The van der Waals surface area contributed by atoms with Crippen LogP contribution >= 0.6 is 11.3 Å². The average Bonchev–Trinajstić information content (AvgIpc) is 2.94. The Hall–Kier alpha value is -1.86. The Labute approximate surface area is 142 Å². The molecule has 0 bridgehead atoms. The standard InChI is InChI=1S/C17H18F2N2O2S/c1-17(2-4-23-5-3-17)15(22)21-16-20-10-14(24-16)8-11-6-12(18)9-13(19)7-11/h6-7,9-10H,2-5,8H2,1H3,(H,20,21,22). The number of aromatic nitrogens is 1. The van der Waals surface area contributed by atoms with Crippen LogP contribution in [0.3, 0.4) is 0 Å². The van der Waals surface area contributed by atoms with Crippen LogP contribution in [0.2, 0.25) is 0 Å². The molecule has 4 nitrogen and oxygen atoms in total. The number of hydrogen-bond acceptors (Lipinski definition) is 4. The fraction of sp³-hybridized carbons (Fsp3) is 0.412. The molecular formula is C17H18F2N2O2S. The molecule has 1 fully saturated rings. The fourth-order valence-electron chi connectivity index (χ4n) is 2.66.